The SMILES string of the molecule is C[C@@H](O)c1cccc(F)c1Oc1ccccc1C(F)(F)F. The van der Waals surface area contributed by atoms with Gasteiger partial charge in [0.25, 0.3) is 0 Å². The van der Waals surface area contributed by atoms with Gasteiger partial charge in [-0.3, -0.25) is 0 Å². The number of alkyl halides is 3. The molecular weight excluding hydrogens is 288 g/mol. The minimum Gasteiger partial charge on any atom is -0.453 e. The van der Waals surface area contributed by atoms with Crippen LogP contribution in [0.3, 0.4) is 0 Å². The van der Waals surface area contributed by atoms with Gasteiger partial charge in [-0.2, -0.15) is 13.2 Å². The zero-order valence-electron chi connectivity index (χ0n) is 11.0. The van der Waals surface area contributed by atoms with Crippen LogP contribution in [0.1, 0.15) is 24.2 Å². The van der Waals surface area contributed by atoms with Crippen molar-refractivity contribution in [3.63, 3.8) is 0 Å². The van der Waals surface area contributed by atoms with Crippen molar-refractivity contribution in [3.8, 4) is 11.5 Å². The quantitative estimate of drug-likeness (QED) is 0.833. The van der Waals surface area contributed by atoms with Crippen LogP contribution in [0.25, 0.3) is 0 Å². The third-order valence-corrected chi connectivity index (χ3v) is 2.85. The number of hydrogen-bond donors (Lipinski definition) is 1. The lowest BCUT2D eigenvalue weighted by Crippen LogP contribution is -2.08. The summed E-state index contributed by atoms with van der Waals surface area (Å²) in [7, 11) is 0. The Morgan fingerprint density at radius 2 is 1.71 bits per heavy atom. The molecule has 0 aromatic heterocycles. The normalized spacial score (nSPS) is 13.0. The third kappa shape index (κ3) is 3.33. The van der Waals surface area contributed by atoms with E-state index >= 15 is 0 Å². The standard InChI is InChI=1S/C15H12F4O2/c1-9(20)10-5-4-7-12(16)14(10)21-13-8-3-2-6-11(13)15(17,18)19/h2-9,20H,1H3/t9-/m1/s1. The minimum atomic E-state index is -4.62. The molecule has 0 saturated carbocycles. The molecule has 0 unspecified atom stereocenters. The van der Waals surface area contributed by atoms with Crippen LogP contribution in [0.4, 0.5) is 17.6 Å². The Labute approximate surface area is 118 Å². The molecule has 0 radical (unpaired) electrons. The first-order valence-corrected chi connectivity index (χ1v) is 6.11. The first kappa shape index (κ1) is 15.3. The topological polar surface area (TPSA) is 29.5 Å². The Hall–Kier alpha value is -2.08. The van der Waals surface area contributed by atoms with Crippen LogP contribution in [0.2, 0.25) is 0 Å². The Morgan fingerprint density at radius 3 is 2.33 bits per heavy atom. The smallest absolute Gasteiger partial charge is 0.419 e. The molecule has 0 aliphatic rings. The van der Waals surface area contributed by atoms with Crippen LogP contribution in [0.5, 0.6) is 11.5 Å². The summed E-state index contributed by atoms with van der Waals surface area (Å²) in [6.45, 7) is 1.37. The maximum Gasteiger partial charge on any atom is 0.419 e. The van der Waals surface area contributed by atoms with Gasteiger partial charge in [-0.1, -0.05) is 24.3 Å². The van der Waals surface area contributed by atoms with E-state index in [1.807, 2.05) is 0 Å². The molecule has 2 aromatic rings. The second kappa shape index (κ2) is 5.73. The molecule has 0 spiro atoms. The van der Waals surface area contributed by atoms with Crippen molar-refractivity contribution in [1.82, 2.24) is 0 Å². The Balaban J connectivity index is 2.49. The number of rotatable bonds is 3. The van der Waals surface area contributed by atoms with Crippen LogP contribution < -0.4 is 4.74 Å². The Kier molecular flexibility index (Phi) is 4.18. The van der Waals surface area contributed by atoms with Gasteiger partial charge in [0.15, 0.2) is 11.6 Å². The van der Waals surface area contributed by atoms with Crippen molar-refractivity contribution in [1.29, 1.82) is 0 Å². The molecule has 0 aliphatic heterocycles. The molecule has 0 heterocycles. The molecule has 2 aromatic carbocycles. The highest BCUT2D eigenvalue weighted by molar-refractivity contribution is 5.43. The highest BCUT2D eigenvalue weighted by Gasteiger charge is 2.34. The van der Waals surface area contributed by atoms with Crippen LogP contribution in [-0.2, 0) is 6.18 Å². The van der Waals surface area contributed by atoms with Gasteiger partial charge in [0.1, 0.15) is 5.75 Å². The average Bonchev–Trinajstić information content (AvgIpc) is 2.40. The summed E-state index contributed by atoms with van der Waals surface area (Å²) in [5.41, 5.74) is -0.934. The van der Waals surface area contributed by atoms with Gasteiger partial charge in [-0.25, -0.2) is 4.39 Å². The van der Waals surface area contributed by atoms with Gasteiger partial charge in [0.05, 0.1) is 11.7 Å². The molecule has 0 bridgehead atoms. The largest absolute Gasteiger partial charge is 0.453 e. The van der Waals surface area contributed by atoms with E-state index in [0.29, 0.717) is 0 Å². The summed E-state index contributed by atoms with van der Waals surface area (Å²) in [5, 5.41) is 9.57. The fourth-order valence-corrected chi connectivity index (χ4v) is 1.86. The van der Waals surface area contributed by atoms with E-state index in [1.54, 1.807) is 0 Å². The molecule has 0 saturated heterocycles. The fraction of sp³-hybridized carbons (Fsp3) is 0.200. The Bertz CT molecular complexity index is 636. The number of aliphatic hydroxyl groups is 1. The Morgan fingerprint density at radius 1 is 1.05 bits per heavy atom. The summed E-state index contributed by atoms with van der Waals surface area (Å²) < 4.78 is 57.6. The van der Waals surface area contributed by atoms with Gasteiger partial charge < -0.3 is 9.84 Å². The summed E-state index contributed by atoms with van der Waals surface area (Å²) in [6, 6.07) is 8.30. The molecule has 6 heteroatoms. The molecule has 0 amide bonds. The van der Waals surface area contributed by atoms with Crippen LogP contribution in [-0.4, -0.2) is 5.11 Å². The van der Waals surface area contributed by atoms with Crippen molar-refractivity contribution in [2.45, 2.75) is 19.2 Å². The zero-order chi connectivity index (χ0) is 15.6. The molecule has 0 aliphatic carbocycles. The number of aliphatic hydroxyl groups excluding tert-OH is 1. The number of para-hydroxylation sites is 2. The van der Waals surface area contributed by atoms with Gasteiger partial charge in [0.2, 0.25) is 0 Å². The van der Waals surface area contributed by atoms with E-state index < -0.39 is 35.2 Å². The zero-order valence-corrected chi connectivity index (χ0v) is 11.0. The highest BCUT2D eigenvalue weighted by atomic mass is 19.4. The summed E-state index contributed by atoms with van der Waals surface area (Å²) in [4.78, 5) is 0. The molecule has 112 valence electrons. The van der Waals surface area contributed by atoms with E-state index in [4.69, 9.17) is 4.74 Å². The second-order valence-electron chi connectivity index (χ2n) is 4.43. The minimum absolute atomic E-state index is 0.0759. The summed E-state index contributed by atoms with van der Waals surface area (Å²) >= 11 is 0. The van der Waals surface area contributed by atoms with Crippen molar-refractivity contribution < 1.29 is 27.4 Å². The molecule has 0 fully saturated rings. The number of ether oxygens (including phenoxy) is 1. The van der Waals surface area contributed by atoms with E-state index in [0.717, 1.165) is 18.2 Å². The van der Waals surface area contributed by atoms with Crippen molar-refractivity contribution in [2.75, 3.05) is 0 Å². The molecule has 21 heavy (non-hydrogen) atoms. The average molecular weight is 300 g/mol. The number of hydrogen-bond acceptors (Lipinski definition) is 2. The maximum atomic E-state index is 13.8. The summed E-state index contributed by atoms with van der Waals surface area (Å²) in [6.07, 6.45) is -5.69. The maximum absolute atomic E-state index is 13.8. The second-order valence-corrected chi connectivity index (χ2v) is 4.43. The molecule has 1 atom stereocenters. The lowest BCUT2D eigenvalue weighted by atomic mass is 10.1. The first-order chi connectivity index (χ1) is 9.80. The van der Waals surface area contributed by atoms with Crippen LogP contribution in [0, 0.1) is 5.82 Å². The summed E-state index contributed by atoms with van der Waals surface area (Å²) in [5.74, 6) is -1.77. The number of benzene rings is 2. The van der Waals surface area contributed by atoms with E-state index in [-0.39, 0.29) is 5.56 Å². The van der Waals surface area contributed by atoms with Gasteiger partial charge in [0, 0.05) is 5.56 Å². The monoisotopic (exact) mass is 300 g/mol. The van der Waals surface area contributed by atoms with E-state index in [1.165, 1.54) is 31.2 Å². The molecule has 1 N–H and O–H groups in total. The highest BCUT2D eigenvalue weighted by Crippen LogP contribution is 2.40. The van der Waals surface area contributed by atoms with Gasteiger partial charge >= 0.3 is 6.18 Å². The lowest BCUT2D eigenvalue weighted by molar-refractivity contribution is -0.138. The van der Waals surface area contributed by atoms with Crippen LogP contribution in [0.15, 0.2) is 42.5 Å². The molecular formula is C15H12F4O2. The number of halogens is 4. The first-order valence-electron chi connectivity index (χ1n) is 6.11. The van der Waals surface area contributed by atoms with Crippen molar-refractivity contribution >= 4 is 0 Å². The van der Waals surface area contributed by atoms with Crippen molar-refractivity contribution in [2.24, 2.45) is 0 Å². The predicted molar refractivity (Wildman–Crippen MR) is 68.6 cm³/mol. The van der Waals surface area contributed by atoms with Crippen LogP contribution >= 0.6 is 0 Å². The fourth-order valence-electron chi connectivity index (χ4n) is 1.86. The van der Waals surface area contributed by atoms with E-state index in [9.17, 15) is 22.7 Å². The van der Waals surface area contributed by atoms with Gasteiger partial charge in [-0.15, -0.1) is 0 Å². The lowest BCUT2D eigenvalue weighted by Gasteiger charge is -2.17. The molecule has 2 nitrogen and oxygen atoms in total. The third-order valence-electron chi connectivity index (χ3n) is 2.85. The predicted octanol–water partition coefficient (Wildman–Crippen LogP) is 4.69. The molecule has 2 rings (SSSR count). The van der Waals surface area contributed by atoms with Gasteiger partial charge in [-0.05, 0) is 25.1 Å². The van der Waals surface area contributed by atoms with Crippen molar-refractivity contribution in [3.05, 3.63) is 59.4 Å². The van der Waals surface area contributed by atoms with E-state index in [2.05, 4.69) is 0 Å².